The molecule has 1 unspecified atom stereocenters. The predicted octanol–water partition coefficient (Wildman–Crippen LogP) is 6.41. The molecule has 7 rings (SSSR count). The summed E-state index contributed by atoms with van der Waals surface area (Å²) in [5.74, 6) is 0.628. The van der Waals surface area contributed by atoms with E-state index in [-0.39, 0.29) is 30.4 Å². The number of halogens is 3. The lowest BCUT2D eigenvalue weighted by Crippen LogP contribution is -2.35. The van der Waals surface area contributed by atoms with Crippen molar-refractivity contribution in [1.82, 2.24) is 25.1 Å². The van der Waals surface area contributed by atoms with Gasteiger partial charge < -0.3 is 20.1 Å². The first-order valence-corrected chi connectivity index (χ1v) is 15.3. The molecule has 12 heteroatoms. The summed E-state index contributed by atoms with van der Waals surface area (Å²) >= 11 is 10.2. The third-order valence-corrected chi connectivity index (χ3v) is 10.4. The van der Waals surface area contributed by atoms with Crippen LogP contribution in [0.4, 0.5) is 15.0 Å². The van der Waals surface area contributed by atoms with Crippen LogP contribution in [0, 0.1) is 17.7 Å². The van der Waals surface area contributed by atoms with Gasteiger partial charge >= 0.3 is 6.09 Å². The molecule has 42 heavy (non-hydrogen) atoms. The van der Waals surface area contributed by atoms with Gasteiger partial charge in [-0.2, -0.15) is 5.10 Å². The fourth-order valence-electron chi connectivity index (χ4n) is 7.04. The largest absolute Gasteiger partial charge is 0.465 e. The molecule has 2 saturated heterocycles. The van der Waals surface area contributed by atoms with E-state index in [0.717, 1.165) is 35.7 Å². The average molecular weight is 656 g/mol. The first-order valence-electron chi connectivity index (χ1n) is 14.2. The normalized spacial score (nSPS) is 25.3. The van der Waals surface area contributed by atoms with Crippen molar-refractivity contribution in [3.05, 3.63) is 69.5 Å². The highest BCUT2D eigenvalue weighted by Crippen LogP contribution is 2.63. The Bertz CT molecular complexity index is 1680. The number of nitrogens with one attached hydrogen (secondary N) is 1. The number of carboxylic acid groups (broad SMARTS) is 1. The Balaban J connectivity index is 1.25. The Kier molecular flexibility index (Phi) is 7.06. The van der Waals surface area contributed by atoms with Crippen LogP contribution >= 0.6 is 27.5 Å². The Labute approximate surface area is 255 Å². The zero-order chi connectivity index (χ0) is 29.0. The molecule has 2 aliphatic heterocycles. The van der Waals surface area contributed by atoms with E-state index in [1.165, 1.54) is 6.07 Å². The number of nitrogens with zero attached hydrogens (tertiary/aromatic N) is 5. The molecule has 2 aromatic heterocycles. The first-order chi connectivity index (χ1) is 20.4. The van der Waals surface area contributed by atoms with Gasteiger partial charge in [-0.25, -0.2) is 23.8 Å². The van der Waals surface area contributed by atoms with Crippen LogP contribution in [0.25, 0.3) is 22.4 Å². The Hall–Kier alpha value is -3.28. The van der Waals surface area contributed by atoms with Crippen molar-refractivity contribution in [1.29, 1.82) is 0 Å². The van der Waals surface area contributed by atoms with Gasteiger partial charge in [0.25, 0.3) is 0 Å². The van der Waals surface area contributed by atoms with Gasteiger partial charge in [0, 0.05) is 41.7 Å². The van der Waals surface area contributed by atoms with E-state index in [1.54, 1.807) is 18.3 Å². The summed E-state index contributed by atoms with van der Waals surface area (Å²) in [6, 6.07) is 12.4. The van der Waals surface area contributed by atoms with E-state index in [0.29, 0.717) is 53.0 Å². The van der Waals surface area contributed by atoms with Gasteiger partial charge in [-0.1, -0.05) is 41.9 Å². The molecule has 0 bridgehead atoms. The lowest BCUT2D eigenvalue weighted by atomic mass is 9.90. The number of carbonyl (C=O) groups is 1. The van der Waals surface area contributed by atoms with Crippen molar-refractivity contribution in [2.75, 3.05) is 31.1 Å². The number of rotatable bonds is 6. The van der Waals surface area contributed by atoms with E-state index in [2.05, 4.69) is 26.1 Å². The molecule has 218 valence electrons. The van der Waals surface area contributed by atoms with Crippen LogP contribution in [-0.2, 0) is 10.2 Å². The topological polar surface area (TPSA) is 105 Å². The van der Waals surface area contributed by atoms with Crippen LogP contribution < -0.4 is 10.2 Å². The van der Waals surface area contributed by atoms with Crippen LogP contribution in [-0.4, -0.2) is 57.2 Å². The highest BCUT2D eigenvalue weighted by atomic mass is 79.9. The number of anilines is 1. The Morgan fingerprint density at radius 3 is 2.83 bits per heavy atom. The molecular weight excluding hydrogens is 627 g/mol. The van der Waals surface area contributed by atoms with Gasteiger partial charge in [0.15, 0.2) is 11.9 Å². The molecule has 3 aliphatic rings. The van der Waals surface area contributed by atoms with Crippen molar-refractivity contribution in [2.24, 2.45) is 11.8 Å². The molecule has 4 heterocycles. The van der Waals surface area contributed by atoms with Gasteiger partial charge in [0.1, 0.15) is 22.8 Å². The molecular formula is C30H29BrClFN6O3. The lowest BCUT2D eigenvalue weighted by molar-refractivity contribution is -0.0368. The van der Waals surface area contributed by atoms with Crippen molar-refractivity contribution in [3.63, 3.8) is 0 Å². The zero-order valence-electron chi connectivity index (χ0n) is 22.6. The second kappa shape index (κ2) is 10.8. The molecule has 2 N–H and O–H groups in total. The number of hydrogen-bond donors (Lipinski definition) is 2. The highest BCUT2D eigenvalue weighted by Gasteiger charge is 2.67. The van der Waals surface area contributed by atoms with Gasteiger partial charge in [-0.05, 0) is 71.1 Å². The monoisotopic (exact) mass is 654 g/mol. The molecule has 9 nitrogen and oxygen atoms in total. The van der Waals surface area contributed by atoms with E-state index < -0.39 is 11.5 Å². The molecule has 3 fully saturated rings. The zero-order valence-corrected chi connectivity index (χ0v) is 25.0. The van der Waals surface area contributed by atoms with Crippen molar-refractivity contribution < 1.29 is 19.0 Å². The smallest absolute Gasteiger partial charge is 0.404 e. The average Bonchev–Trinajstić information content (AvgIpc) is 3.49. The standard InChI is InChI=1S/C30H29BrClFN6O3/c31-21-8-5-6-17(25(21)32)26-27-28(39(37-26)24-10-3-4-13-42-24)36-23(14-34-27)38-12-11-18-20(15-38)30(18,16-35-29(40)41)19-7-1-2-9-22(19)33/h1-2,5-9,14,18,20,24,35H,3-4,10-13,15-16H2,(H,40,41)/t18-,20+,24?,30-/m1/s1. The maximum atomic E-state index is 15.1. The van der Waals surface area contributed by atoms with Crippen LogP contribution in [0.5, 0.6) is 0 Å². The summed E-state index contributed by atoms with van der Waals surface area (Å²) in [6.07, 6.45) is 4.04. The van der Waals surface area contributed by atoms with Crippen molar-refractivity contribution >= 4 is 50.6 Å². The fraction of sp³-hybridized carbons (Fsp3) is 0.400. The van der Waals surface area contributed by atoms with E-state index in [4.69, 9.17) is 31.4 Å². The molecule has 0 spiro atoms. The molecule has 1 saturated carbocycles. The van der Waals surface area contributed by atoms with Gasteiger partial charge in [0.2, 0.25) is 0 Å². The summed E-state index contributed by atoms with van der Waals surface area (Å²) < 4.78 is 23.8. The van der Waals surface area contributed by atoms with Crippen LogP contribution in [0.2, 0.25) is 5.02 Å². The van der Waals surface area contributed by atoms with Crippen LogP contribution in [0.1, 0.15) is 37.5 Å². The number of piperidine rings is 1. The van der Waals surface area contributed by atoms with E-state index in [9.17, 15) is 9.90 Å². The SMILES string of the molecule is O=C(O)NC[C@]1(c2ccccc2F)[C@@H]2CCN(c3cnc4c(-c5cccc(Br)c5Cl)nn(C5CCCCO5)c4n3)C[C@@H]21. The summed E-state index contributed by atoms with van der Waals surface area (Å²) in [5, 5.41) is 17.4. The minimum absolute atomic E-state index is 0.0649. The third kappa shape index (κ3) is 4.53. The molecule has 4 atom stereocenters. The summed E-state index contributed by atoms with van der Waals surface area (Å²) in [4.78, 5) is 23.6. The number of amides is 1. The minimum Gasteiger partial charge on any atom is -0.465 e. The summed E-state index contributed by atoms with van der Waals surface area (Å²) in [5.41, 5.74) is 2.63. The van der Waals surface area contributed by atoms with Gasteiger partial charge in [-0.15, -0.1) is 0 Å². The quantitative estimate of drug-likeness (QED) is 0.247. The van der Waals surface area contributed by atoms with E-state index in [1.807, 2.05) is 28.9 Å². The second-order valence-corrected chi connectivity index (χ2v) is 12.5. The van der Waals surface area contributed by atoms with Crippen LogP contribution in [0.3, 0.4) is 0 Å². The fourth-order valence-corrected chi connectivity index (χ4v) is 7.62. The molecule has 2 aromatic carbocycles. The predicted molar refractivity (Wildman–Crippen MR) is 160 cm³/mol. The maximum absolute atomic E-state index is 15.1. The molecule has 4 aromatic rings. The number of aromatic nitrogens is 4. The number of benzene rings is 2. The molecule has 1 amide bonds. The lowest BCUT2D eigenvalue weighted by Gasteiger charge is -2.27. The second-order valence-electron chi connectivity index (χ2n) is 11.2. The molecule has 1 aliphatic carbocycles. The third-order valence-electron chi connectivity index (χ3n) is 9.08. The maximum Gasteiger partial charge on any atom is 0.404 e. The number of ether oxygens (including phenoxy) is 1. The summed E-state index contributed by atoms with van der Waals surface area (Å²) in [7, 11) is 0. The van der Waals surface area contributed by atoms with Gasteiger partial charge in [-0.3, -0.25) is 0 Å². The first kappa shape index (κ1) is 27.5. The summed E-state index contributed by atoms with van der Waals surface area (Å²) in [6.45, 7) is 2.13. The Morgan fingerprint density at radius 1 is 1.19 bits per heavy atom. The van der Waals surface area contributed by atoms with Crippen LogP contribution in [0.15, 0.2) is 53.1 Å². The van der Waals surface area contributed by atoms with E-state index >= 15 is 4.39 Å². The van der Waals surface area contributed by atoms with Gasteiger partial charge in [0.05, 0.1) is 11.2 Å². The van der Waals surface area contributed by atoms with Crippen molar-refractivity contribution in [3.8, 4) is 11.3 Å². The number of fused-ring (bicyclic) bond motifs is 2. The van der Waals surface area contributed by atoms with Crippen molar-refractivity contribution in [2.45, 2.75) is 37.3 Å². The molecule has 0 radical (unpaired) electrons. The minimum atomic E-state index is -1.11. The Morgan fingerprint density at radius 2 is 2.05 bits per heavy atom. The number of hydrogen-bond acceptors (Lipinski definition) is 6. The highest BCUT2D eigenvalue weighted by molar-refractivity contribution is 9.10.